The molecular formula is C24H38FN5O3. The molecule has 0 saturated carbocycles. The van der Waals surface area contributed by atoms with Crippen LogP contribution in [0.3, 0.4) is 0 Å². The lowest BCUT2D eigenvalue weighted by molar-refractivity contribution is -0.234. The van der Waals surface area contributed by atoms with Gasteiger partial charge in [-0.25, -0.2) is 9.97 Å². The number of ether oxygens (including phenoxy) is 1. The Hall–Kier alpha value is -2.68. The summed E-state index contributed by atoms with van der Waals surface area (Å²) < 4.78 is 18.4. The van der Waals surface area contributed by atoms with Crippen LogP contribution in [-0.4, -0.2) is 54.3 Å². The Labute approximate surface area is 196 Å². The molecule has 9 heteroatoms. The van der Waals surface area contributed by atoms with Gasteiger partial charge < -0.3 is 20.3 Å². The van der Waals surface area contributed by atoms with E-state index in [1.54, 1.807) is 33.2 Å². The van der Waals surface area contributed by atoms with E-state index in [-0.39, 0.29) is 24.6 Å². The number of allylic oxidation sites excluding steroid dienone is 2. The molecular weight excluding hydrogens is 425 g/mol. The zero-order valence-electron chi connectivity index (χ0n) is 20.9. The Morgan fingerprint density at radius 2 is 1.94 bits per heavy atom. The van der Waals surface area contributed by atoms with Crippen LogP contribution in [0.4, 0.5) is 10.3 Å². The summed E-state index contributed by atoms with van der Waals surface area (Å²) in [4.78, 5) is 27.8. The number of carbonyl (C=O) groups is 1. The van der Waals surface area contributed by atoms with Crippen molar-refractivity contribution in [2.45, 2.75) is 71.4 Å². The molecule has 0 unspecified atom stereocenters. The van der Waals surface area contributed by atoms with Gasteiger partial charge in [-0.1, -0.05) is 0 Å². The van der Waals surface area contributed by atoms with Crippen molar-refractivity contribution in [1.82, 2.24) is 20.6 Å². The van der Waals surface area contributed by atoms with Crippen molar-refractivity contribution in [2.75, 3.05) is 32.1 Å². The van der Waals surface area contributed by atoms with Gasteiger partial charge in [-0.2, -0.15) is 4.94 Å². The number of nitrogens with zero attached hydrogens (tertiary/aromatic N) is 3. The van der Waals surface area contributed by atoms with Gasteiger partial charge in [0.1, 0.15) is 29.6 Å². The van der Waals surface area contributed by atoms with Gasteiger partial charge in [0, 0.05) is 37.3 Å². The SMILES string of the molecule is CN/C=C\C(=C/Cc1nc2c(c(N(C)CC(=O)NC(C)(C)C)n1)CCC2)OCC(C)(C)OF. The molecule has 0 aromatic carbocycles. The molecule has 0 bridgehead atoms. The van der Waals surface area contributed by atoms with Crippen LogP contribution >= 0.6 is 0 Å². The molecule has 2 rings (SSSR count). The van der Waals surface area contributed by atoms with Crippen LogP contribution in [0.15, 0.2) is 24.1 Å². The van der Waals surface area contributed by atoms with E-state index < -0.39 is 5.60 Å². The Balaban J connectivity index is 2.22. The fourth-order valence-electron chi connectivity index (χ4n) is 3.43. The number of aryl methyl sites for hydroxylation is 1. The first-order valence-electron chi connectivity index (χ1n) is 11.3. The summed E-state index contributed by atoms with van der Waals surface area (Å²) >= 11 is 0. The average molecular weight is 464 g/mol. The average Bonchev–Trinajstić information content (AvgIpc) is 3.19. The van der Waals surface area contributed by atoms with Crippen molar-refractivity contribution >= 4 is 11.7 Å². The first kappa shape index (κ1) is 26.6. The molecule has 184 valence electrons. The van der Waals surface area contributed by atoms with Crippen molar-refractivity contribution in [2.24, 2.45) is 0 Å². The van der Waals surface area contributed by atoms with Crippen molar-refractivity contribution in [3.05, 3.63) is 41.2 Å². The fourth-order valence-corrected chi connectivity index (χ4v) is 3.43. The molecule has 1 aliphatic rings. The highest BCUT2D eigenvalue weighted by atomic mass is 19.3. The monoisotopic (exact) mass is 463 g/mol. The smallest absolute Gasteiger partial charge is 0.239 e. The second-order valence-corrected chi connectivity index (χ2v) is 9.95. The van der Waals surface area contributed by atoms with Crippen LogP contribution in [0, 0.1) is 0 Å². The summed E-state index contributed by atoms with van der Waals surface area (Å²) in [7, 11) is 3.66. The van der Waals surface area contributed by atoms with Crippen molar-refractivity contribution in [3.8, 4) is 0 Å². The van der Waals surface area contributed by atoms with E-state index in [9.17, 15) is 9.32 Å². The number of anilines is 1. The molecule has 0 fully saturated rings. The summed E-state index contributed by atoms with van der Waals surface area (Å²) in [5.74, 6) is 1.94. The molecule has 2 N–H and O–H groups in total. The molecule has 33 heavy (non-hydrogen) atoms. The van der Waals surface area contributed by atoms with Gasteiger partial charge in [-0.15, -0.1) is 0 Å². The minimum absolute atomic E-state index is 0.0469. The molecule has 1 heterocycles. The van der Waals surface area contributed by atoms with E-state index in [0.29, 0.717) is 18.0 Å². The van der Waals surface area contributed by atoms with Crippen LogP contribution < -0.4 is 15.5 Å². The van der Waals surface area contributed by atoms with Crippen LogP contribution in [0.2, 0.25) is 0 Å². The maximum Gasteiger partial charge on any atom is 0.239 e. The highest BCUT2D eigenvalue weighted by Crippen LogP contribution is 2.28. The second kappa shape index (κ2) is 11.4. The van der Waals surface area contributed by atoms with Gasteiger partial charge in [0.15, 0.2) is 0 Å². The number of hydrogen-bond donors (Lipinski definition) is 2. The number of aromatic nitrogens is 2. The molecule has 0 spiro atoms. The molecule has 0 aliphatic heterocycles. The quantitative estimate of drug-likeness (QED) is 0.385. The molecule has 1 aliphatic carbocycles. The molecule has 8 nitrogen and oxygen atoms in total. The lowest BCUT2D eigenvalue weighted by Gasteiger charge is -2.25. The van der Waals surface area contributed by atoms with Crippen LogP contribution in [0.1, 0.15) is 58.1 Å². The van der Waals surface area contributed by atoms with Crippen LogP contribution in [-0.2, 0) is 33.7 Å². The number of carbonyl (C=O) groups excluding carboxylic acids is 1. The standard InChI is InChI=1S/C24H38FN5O3/c1-23(2,3)29-21(31)15-30(7)22-18-9-8-10-19(18)27-20(28-22)12-11-17(13-14-26-6)32-16-24(4,5)33-25/h11,13-14,26H,8-10,12,15-16H2,1-7H3,(H,29,31)/b14-13-,17-11+. The summed E-state index contributed by atoms with van der Waals surface area (Å²) in [6.07, 6.45) is 8.60. The second-order valence-electron chi connectivity index (χ2n) is 9.95. The lowest BCUT2D eigenvalue weighted by atomic mass is 10.1. The Bertz CT molecular complexity index is 878. The largest absolute Gasteiger partial charge is 0.491 e. The summed E-state index contributed by atoms with van der Waals surface area (Å²) in [5.41, 5.74) is 0.801. The minimum atomic E-state index is -1.06. The molecule has 0 radical (unpaired) electrons. The number of hydrogen-bond acceptors (Lipinski definition) is 7. The van der Waals surface area contributed by atoms with Crippen molar-refractivity contribution in [1.29, 1.82) is 0 Å². The van der Waals surface area contributed by atoms with E-state index in [2.05, 4.69) is 15.6 Å². The third-order valence-electron chi connectivity index (χ3n) is 4.91. The molecule has 1 amide bonds. The Kier molecular flexibility index (Phi) is 9.22. The highest BCUT2D eigenvalue weighted by molar-refractivity contribution is 5.81. The van der Waals surface area contributed by atoms with Gasteiger partial charge in [-0.05, 0) is 76.8 Å². The Morgan fingerprint density at radius 1 is 1.21 bits per heavy atom. The maximum atomic E-state index is 12.7. The molecule has 0 atom stereocenters. The van der Waals surface area contributed by atoms with E-state index >= 15 is 0 Å². The third kappa shape index (κ3) is 8.64. The van der Waals surface area contributed by atoms with E-state index in [1.165, 1.54) is 0 Å². The highest BCUT2D eigenvalue weighted by Gasteiger charge is 2.24. The van der Waals surface area contributed by atoms with Gasteiger partial charge in [0.25, 0.3) is 0 Å². The number of amides is 1. The summed E-state index contributed by atoms with van der Waals surface area (Å²) in [6.45, 7) is 9.35. The van der Waals surface area contributed by atoms with E-state index in [4.69, 9.17) is 14.7 Å². The van der Waals surface area contributed by atoms with E-state index in [1.807, 2.05) is 38.8 Å². The number of halogens is 1. The zero-order chi connectivity index (χ0) is 24.6. The summed E-state index contributed by atoms with van der Waals surface area (Å²) in [6, 6.07) is 0. The normalized spacial score (nSPS) is 14.4. The van der Waals surface area contributed by atoms with Crippen LogP contribution in [0.5, 0.6) is 0 Å². The summed E-state index contributed by atoms with van der Waals surface area (Å²) in [5, 5.41) is 5.91. The predicted molar refractivity (Wildman–Crippen MR) is 127 cm³/mol. The number of nitrogens with one attached hydrogen (secondary N) is 2. The van der Waals surface area contributed by atoms with Gasteiger partial charge in [0.2, 0.25) is 5.91 Å². The van der Waals surface area contributed by atoms with E-state index in [0.717, 1.165) is 36.3 Å². The number of fused-ring (bicyclic) bond motifs is 1. The lowest BCUT2D eigenvalue weighted by Crippen LogP contribution is -2.45. The molecule has 1 aromatic rings. The van der Waals surface area contributed by atoms with Gasteiger partial charge in [0.05, 0.1) is 6.54 Å². The van der Waals surface area contributed by atoms with Crippen molar-refractivity contribution < 1.29 is 19.0 Å². The predicted octanol–water partition coefficient (Wildman–Crippen LogP) is 3.17. The maximum absolute atomic E-state index is 12.7. The zero-order valence-corrected chi connectivity index (χ0v) is 20.9. The molecule has 0 saturated heterocycles. The molecule has 1 aromatic heterocycles. The van der Waals surface area contributed by atoms with Crippen LogP contribution in [0.25, 0.3) is 0 Å². The number of likely N-dealkylation sites (N-methyl/N-ethyl adjacent to an activating group) is 1. The fraction of sp³-hybridized carbons (Fsp3) is 0.625. The first-order chi connectivity index (χ1) is 15.4. The number of rotatable bonds is 11. The van der Waals surface area contributed by atoms with Gasteiger partial charge >= 0.3 is 0 Å². The third-order valence-corrected chi connectivity index (χ3v) is 4.91. The van der Waals surface area contributed by atoms with Crippen molar-refractivity contribution in [3.63, 3.8) is 0 Å². The Morgan fingerprint density at radius 3 is 2.58 bits per heavy atom. The first-order valence-corrected chi connectivity index (χ1v) is 11.3. The van der Waals surface area contributed by atoms with Gasteiger partial charge in [-0.3, -0.25) is 4.79 Å². The topological polar surface area (TPSA) is 88.6 Å². The minimum Gasteiger partial charge on any atom is -0.491 e.